The van der Waals surface area contributed by atoms with Crippen LogP contribution in [-0.2, 0) is 2.81 Å². The fraction of sp³-hybridized carbons (Fsp3) is 0. The maximum atomic E-state index is 12.4. The summed E-state index contributed by atoms with van der Waals surface area (Å²) in [6, 6.07) is 29.4. The first-order valence-electron chi connectivity index (χ1n) is 7.02. The average Bonchev–Trinajstić information content (AvgIpc) is 2.62. The molecule has 0 atom stereocenters. The van der Waals surface area contributed by atoms with Gasteiger partial charge < -0.3 is 0 Å². The summed E-state index contributed by atoms with van der Waals surface area (Å²) in [5.74, 6) is -0.230. The van der Waals surface area contributed by atoms with Gasteiger partial charge in [0.15, 0.2) is 0 Å². The number of benzene rings is 3. The van der Waals surface area contributed by atoms with Gasteiger partial charge in [-0.05, 0) is 0 Å². The van der Waals surface area contributed by atoms with Crippen molar-refractivity contribution in [1.82, 2.24) is 0 Å². The molecule has 0 N–H and O–H groups in total. The van der Waals surface area contributed by atoms with E-state index >= 15 is 0 Å². The molecule has 108 valence electrons. The Labute approximate surface area is 138 Å². The van der Waals surface area contributed by atoms with Gasteiger partial charge in [0.2, 0.25) is 0 Å². The van der Waals surface area contributed by atoms with Gasteiger partial charge >= 0.3 is 139 Å². The zero-order valence-electron chi connectivity index (χ0n) is 11.9. The van der Waals surface area contributed by atoms with E-state index in [1.807, 2.05) is 54.6 Å². The molecule has 0 saturated heterocycles. The molecule has 22 heavy (non-hydrogen) atoms. The quantitative estimate of drug-likeness (QED) is 0.533. The first-order valence-corrected chi connectivity index (χ1v) is 11.9. The van der Waals surface area contributed by atoms with Crippen molar-refractivity contribution in [1.29, 1.82) is 0 Å². The van der Waals surface area contributed by atoms with Gasteiger partial charge in [-0.2, -0.15) is 0 Å². The first-order chi connectivity index (χ1) is 10.8. The molecule has 0 radical (unpaired) electrons. The van der Waals surface area contributed by atoms with Crippen LogP contribution in [0.1, 0.15) is 10.4 Å². The molecular weight excluding hydrogens is 469 g/mol. The van der Waals surface area contributed by atoms with E-state index in [1.165, 1.54) is 0 Å². The molecule has 0 saturated carbocycles. The molecule has 0 aliphatic carbocycles. The van der Waals surface area contributed by atoms with Gasteiger partial charge in [-0.25, -0.2) is 0 Å². The second kappa shape index (κ2) is 7.33. The van der Waals surface area contributed by atoms with Gasteiger partial charge in [-0.1, -0.05) is 0 Å². The van der Waals surface area contributed by atoms with Crippen LogP contribution in [0.4, 0.5) is 0 Å². The molecule has 0 fully saturated rings. The number of hydrogen-bond donors (Lipinski definition) is 0. The second-order valence-electron chi connectivity index (χ2n) is 4.71. The summed E-state index contributed by atoms with van der Waals surface area (Å²) in [6.45, 7) is 0. The van der Waals surface area contributed by atoms with Crippen molar-refractivity contribution in [3.05, 3.63) is 96.6 Å². The van der Waals surface area contributed by atoms with Crippen LogP contribution in [0.3, 0.4) is 0 Å². The molecule has 0 bridgehead atoms. The number of rotatable bonds is 4. The minimum atomic E-state index is -2.78. The summed E-state index contributed by atoms with van der Waals surface area (Å²) in [7, 11) is 0. The Morgan fingerprint density at radius 2 is 1.05 bits per heavy atom. The van der Waals surface area contributed by atoms with E-state index in [2.05, 4.69) is 24.3 Å². The Kier molecular flexibility index (Phi) is 4.97. The molecule has 3 heteroatoms. The van der Waals surface area contributed by atoms with Crippen LogP contribution in [-0.4, -0.2) is 28.2 Å². The molecule has 0 aliphatic rings. The van der Waals surface area contributed by atoms with Crippen LogP contribution in [0.25, 0.3) is 0 Å². The molecule has 0 heterocycles. The Morgan fingerprint density at radius 3 is 1.50 bits per heavy atom. The van der Waals surface area contributed by atoms with Gasteiger partial charge in [0.25, 0.3) is 0 Å². The predicted octanol–water partition coefficient (Wildman–Crippen LogP) is 2.65. The van der Waals surface area contributed by atoms with Crippen LogP contribution in [0.5, 0.6) is 0 Å². The monoisotopic (exact) mass is 484 g/mol. The zero-order valence-corrected chi connectivity index (χ0v) is 15.4. The molecule has 0 aliphatic heterocycles. The second-order valence-corrected chi connectivity index (χ2v) is 11.7. The Balaban J connectivity index is 1.91. The van der Waals surface area contributed by atoms with E-state index in [-0.39, 0.29) is 5.97 Å². The summed E-state index contributed by atoms with van der Waals surface area (Å²) in [6.07, 6.45) is 0. The van der Waals surface area contributed by atoms with Crippen molar-refractivity contribution in [2.75, 3.05) is 0 Å². The third-order valence-electron chi connectivity index (χ3n) is 3.17. The number of carbonyl (C=O) groups excluding carboxylic acids is 1. The van der Waals surface area contributed by atoms with Gasteiger partial charge in [0.1, 0.15) is 0 Å². The fourth-order valence-corrected chi connectivity index (χ4v) is 8.57. The molecule has 3 aromatic carbocycles. The van der Waals surface area contributed by atoms with Gasteiger partial charge in [-0.15, -0.1) is 0 Å². The molecule has 2 nitrogen and oxygen atoms in total. The third kappa shape index (κ3) is 3.61. The molecule has 3 aromatic rings. The molecule has 0 unspecified atom stereocenters. The molecule has 0 aromatic heterocycles. The van der Waals surface area contributed by atoms with E-state index in [4.69, 9.17) is 2.81 Å². The van der Waals surface area contributed by atoms with Crippen molar-refractivity contribution in [3.8, 4) is 0 Å². The predicted molar refractivity (Wildman–Crippen MR) is 89.8 cm³/mol. The normalized spacial score (nSPS) is 10.4. The van der Waals surface area contributed by atoms with E-state index in [9.17, 15) is 4.79 Å². The van der Waals surface area contributed by atoms with Gasteiger partial charge in [0.05, 0.1) is 0 Å². The SMILES string of the molecule is O=C([O][Bi]([c]1ccccc1)[c]1ccccc1)c1ccccc1. The Hall–Kier alpha value is -1.99. The number of hydrogen-bond acceptors (Lipinski definition) is 2. The third-order valence-corrected chi connectivity index (χ3v) is 10.5. The molecule has 0 amide bonds. The van der Waals surface area contributed by atoms with Crippen LogP contribution in [0.2, 0.25) is 0 Å². The van der Waals surface area contributed by atoms with E-state index < -0.39 is 22.2 Å². The molecular formula is C19H15BiO2. The standard InChI is InChI=1S/C7H6O2.2C6H5.Bi/c8-7(9)6-4-2-1-3-5-6;2*1-2-4-6-5-3-1;/h1-5H,(H,8,9);2*1-5H;/q;;;+1/p-1. The van der Waals surface area contributed by atoms with Crippen LogP contribution < -0.4 is 6.54 Å². The van der Waals surface area contributed by atoms with E-state index in [1.54, 1.807) is 12.1 Å². The van der Waals surface area contributed by atoms with Gasteiger partial charge in [-0.3, -0.25) is 0 Å². The van der Waals surface area contributed by atoms with Crippen molar-refractivity contribution in [2.45, 2.75) is 0 Å². The average molecular weight is 484 g/mol. The Morgan fingerprint density at radius 1 is 0.636 bits per heavy atom. The van der Waals surface area contributed by atoms with Crippen LogP contribution in [0, 0.1) is 0 Å². The Bertz CT molecular complexity index is 688. The molecule has 0 spiro atoms. The summed E-state index contributed by atoms with van der Waals surface area (Å²) in [4.78, 5) is 12.4. The fourth-order valence-electron chi connectivity index (χ4n) is 2.09. The summed E-state index contributed by atoms with van der Waals surface area (Å²) in [5, 5.41) is 0. The first kappa shape index (κ1) is 14.9. The van der Waals surface area contributed by atoms with Crippen molar-refractivity contribution in [2.24, 2.45) is 0 Å². The van der Waals surface area contributed by atoms with Gasteiger partial charge in [0, 0.05) is 0 Å². The van der Waals surface area contributed by atoms with Crippen LogP contribution >= 0.6 is 0 Å². The molecule has 3 rings (SSSR count). The van der Waals surface area contributed by atoms with E-state index in [0.29, 0.717) is 5.56 Å². The van der Waals surface area contributed by atoms with E-state index in [0.717, 1.165) is 6.54 Å². The number of carbonyl (C=O) groups is 1. The summed E-state index contributed by atoms with van der Waals surface area (Å²) < 4.78 is 8.29. The zero-order chi connectivity index (χ0) is 15.2. The van der Waals surface area contributed by atoms with Crippen molar-refractivity contribution < 1.29 is 7.61 Å². The minimum absolute atomic E-state index is 0.230. The van der Waals surface area contributed by atoms with Crippen molar-refractivity contribution in [3.63, 3.8) is 0 Å². The topological polar surface area (TPSA) is 26.3 Å². The summed E-state index contributed by atoms with van der Waals surface area (Å²) in [5.41, 5.74) is 0.606. The maximum absolute atomic E-state index is 12.4. The van der Waals surface area contributed by atoms with Crippen molar-refractivity contribution >= 4 is 34.7 Å². The van der Waals surface area contributed by atoms with Crippen LogP contribution in [0.15, 0.2) is 91.0 Å². The summed E-state index contributed by atoms with van der Waals surface area (Å²) >= 11 is -2.78.